The number of aromatic amines is 1. The maximum absolute atomic E-state index is 12.2. The predicted octanol–water partition coefficient (Wildman–Crippen LogP) is 4.32. The van der Waals surface area contributed by atoms with Gasteiger partial charge in [-0.1, -0.05) is 72.8 Å². The first kappa shape index (κ1) is 16.5. The molecule has 0 fully saturated rings. The third kappa shape index (κ3) is 3.92. The second-order valence-corrected chi connectivity index (χ2v) is 6.54. The van der Waals surface area contributed by atoms with Gasteiger partial charge < -0.3 is 0 Å². The summed E-state index contributed by atoms with van der Waals surface area (Å²) >= 11 is 1.35. The molecule has 24 heavy (non-hydrogen) atoms. The number of carbonyl (C=O) groups excluding carboxylic acids is 1. The fourth-order valence-corrected chi connectivity index (χ4v) is 2.98. The summed E-state index contributed by atoms with van der Waals surface area (Å²) in [5.41, 5.74) is 4.15. The quantitative estimate of drug-likeness (QED) is 0.538. The molecule has 0 aliphatic rings. The molecule has 3 aromatic rings. The first-order valence-corrected chi connectivity index (χ1v) is 8.88. The van der Waals surface area contributed by atoms with Gasteiger partial charge in [0, 0.05) is 11.1 Å². The molecule has 2 aromatic carbocycles. The summed E-state index contributed by atoms with van der Waals surface area (Å²) in [4.78, 5) is 16.7. The molecule has 0 aliphatic carbocycles. The highest BCUT2D eigenvalue weighted by atomic mass is 32.2. The Bertz CT molecular complexity index is 823. The van der Waals surface area contributed by atoms with Crippen LogP contribution in [0.5, 0.6) is 0 Å². The summed E-state index contributed by atoms with van der Waals surface area (Å²) in [6.45, 7) is 4.14. The van der Waals surface area contributed by atoms with E-state index in [1.807, 2.05) is 55.5 Å². The number of rotatable bonds is 6. The van der Waals surface area contributed by atoms with E-state index in [0.717, 1.165) is 23.4 Å². The third-order valence-electron chi connectivity index (χ3n) is 3.81. The lowest BCUT2D eigenvalue weighted by molar-refractivity contribution is 0.102. The zero-order chi connectivity index (χ0) is 16.9. The van der Waals surface area contributed by atoms with Crippen LogP contribution in [0.4, 0.5) is 0 Å². The molecule has 0 bridgehead atoms. The first-order valence-electron chi connectivity index (χ1n) is 7.90. The van der Waals surface area contributed by atoms with E-state index in [1.54, 1.807) is 0 Å². The van der Waals surface area contributed by atoms with Crippen molar-refractivity contribution < 1.29 is 4.79 Å². The molecule has 1 N–H and O–H groups in total. The fraction of sp³-hybridized carbons (Fsp3) is 0.211. The zero-order valence-electron chi connectivity index (χ0n) is 13.7. The maximum atomic E-state index is 12.2. The molecule has 0 atom stereocenters. The molecule has 3 rings (SSSR count). The summed E-state index contributed by atoms with van der Waals surface area (Å²) in [6.07, 6.45) is 0.974. The Labute approximate surface area is 145 Å². The Kier molecular flexibility index (Phi) is 5.11. The molecule has 1 heterocycles. The Morgan fingerprint density at radius 3 is 2.46 bits per heavy atom. The molecule has 5 heteroatoms. The van der Waals surface area contributed by atoms with Crippen molar-refractivity contribution in [2.45, 2.75) is 25.4 Å². The number of hydrogen-bond acceptors (Lipinski definition) is 4. The minimum Gasteiger partial charge on any atom is -0.293 e. The Morgan fingerprint density at radius 1 is 1.08 bits per heavy atom. The van der Waals surface area contributed by atoms with Crippen LogP contribution in [0.25, 0.3) is 11.4 Å². The lowest BCUT2D eigenvalue weighted by atomic mass is 10.1. The van der Waals surface area contributed by atoms with Crippen LogP contribution in [0, 0.1) is 6.92 Å². The average Bonchev–Trinajstić information content (AvgIpc) is 3.09. The van der Waals surface area contributed by atoms with Crippen LogP contribution in [0.2, 0.25) is 0 Å². The highest BCUT2D eigenvalue weighted by Crippen LogP contribution is 2.20. The number of hydrogen-bond donors (Lipinski definition) is 1. The van der Waals surface area contributed by atoms with Crippen molar-refractivity contribution in [3.63, 3.8) is 0 Å². The van der Waals surface area contributed by atoms with Crippen LogP contribution in [0.3, 0.4) is 0 Å². The summed E-state index contributed by atoms with van der Waals surface area (Å²) < 4.78 is 0. The van der Waals surface area contributed by atoms with E-state index in [9.17, 15) is 4.79 Å². The number of nitrogens with zero attached hydrogens (tertiary/aromatic N) is 2. The molecule has 4 nitrogen and oxygen atoms in total. The summed E-state index contributed by atoms with van der Waals surface area (Å²) in [5, 5.41) is 7.70. The van der Waals surface area contributed by atoms with E-state index in [1.165, 1.54) is 22.9 Å². The highest BCUT2D eigenvalue weighted by Gasteiger charge is 2.10. The number of H-pyrrole nitrogens is 1. The average molecular weight is 337 g/mol. The summed E-state index contributed by atoms with van der Waals surface area (Å²) in [6, 6.07) is 15.9. The van der Waals surface area contributed by atoms with Gasteiger partial charge in [0.1, 0.15) is 0 Å². The van der Waals surface area contributed by atoms with E-state index in [-0.39, 0.29) is 5.78 Å². The van der Waals surface area contributed by atoms with E-state index in [4.69, 9.17) is 0 Å². The van der Waals surface area contributed by atoms with Gasteiger partial charge in [0.15, 0.2) is 11.6 Å². The Balaban J connectivity index is 1.62. The molecule has 1 aromatic heterocycles. The number of nitrogens with one attached hydrogen (secondary N) is 1. The van der Waals surface area contributed by atoms with Crippen molar-refractivity contribution in [2.75, 3.05) is 5.75 Å². The van der Waals surface area contributed by atoms with E-state index < -0.39 is 0 Å². The maximum Gasteiger partial charge on any atom is 0.209 e. The Hall–Kier alpha value is -2.40. The van der Waals surface area contributed by atoms with E-state index >= 15 is 0 Å². The monoisotopic (exact) mass is 337 g/mol. The largest absolute Gasteiger partial charge is 0.293 e. The molecule has 0 unspecified atom stereocenters. The SMILES string of the molecule is CCc1ccc(C(=O)CSc2n[nH]c(-c3ccc(C)cc3)n2)cc1. The van der Waals surface area contributed by atoms with Gasteiger partial charge in [0.2, 0.25) is 5.16 Å². The van der Waals surface area contributed by atoms with Gasteiger partial charge in [-0.25, -0.2) is 4.98 Å². The van der Waals surface area contributed by atoms with Gasteiger partial charge in [0.05, 0.1) is 5.75 Å². The highest BCUT2D eigenvalue weighted by molar-refractivity contribution is 7.99. The molecule has 122 valence electrons. The standard InChI is InChI=1S/C19H19N3OS/c1-3-14-6-10-15(11-7-14)17(23)12-24-19-20-18(21-22-19)16-8-4-13(2)5-9-16/h4-11H,3,12H2,1-2H3,(H,20,21,22). The molecule has 0 saturated heterocycles. The van der Waals surface area contributed by atoms with Crippen molar-refractivity contribution in [2.24, 2.45) is 0 Å². The zero-order valence-corrected chi connectivity index (χ0v) is 14.6. The van der Waals surface area contributed by atoms with E-state index in [2.05, 4.69) is 22.1 Å². The fourth-order valence-electron chi connectivity index (χ4n) is 2.29. The first-order chi connectivity index (χ1) is 11.7. The molecule has 0 amide bonds. The molecule has 0 spiro atoms. The second kappa shape index (κ2) is 7.45. The third-order valence-corrected chi connectivity index (χ3v) is 4.65. The Morgan fingerprint density at radius 2 is 1.79 bits per heavy atom. The number of carbonyl (C=O) groups is 1. The molecular weight excluding hydrogens is 318 g/mol. The van der Waals surface area contributed by atoms with Gasteiger partial charge in [-0.15, -0.1) is 5.10 Å². The van der Waals surface area contributed by atoms with Crippen LogP contribution < -0.4 is 0 Å². The lowest BCUT2D eigenvalue weighted by Gasteiger charge is -2.01. The molecule has 0 radical (unpaired) electrons. The van der Waals surface area contributed by atoms with Gasteiger partial charge in [-0.3, -0.25) is 9.89 Å². The van der Waals surface area contributed by atoms with Gasteiger partial charge >= 0.3 is 0 Å². The van der Waals surface area contributed by atoms with Crippen LogP contribution in [0.15, 0.2) is 53.7 Å². The number of benzene rings is 2. The predicted molar refractivity (Wildman–Crippen MR) is 97.4 cm³/mol. The smallest absolute Gasteiger partial charge is 0.209 e. The van der Waals surface area contributed by atoms with Crippen molar-refractivity contribution in [3.05, 3.63) is 65.2 Å². The topological polar surface area (TPSA) is 58.6 Å². The van der Waals surface area contributed by atoms with Crippen LogP contribution >= 0.6 is 11.8 Å². The van der Waals surface area contributed by atoms with Crippen molar-refractivity contribution >= 4 is 17.5 Å². The van der Waals surface area contributed by atoms with Gasteiger partial charge in [-0.05, 0) is 18.9 Å². The lowest BCUT2D eigenvalue weighted by Crippen LogP contribution is -2.02. The number of aryl methyl sites for hydroxylation is 2. The van der Waals surface area contributed by atoms with Crippen LogP contribution in [-0.2, 0) is 6.42 Å². The van der Waals surface area contributed by atoms with Crippen molar-refractivity contribution in [3.8, 4) is 11.4 Å². The van der Waals surface area contributed by atoms with E-state index in [0.29, 0.717) is 10.9 Å². The normalized spacial score (nSPS) is 10.8. The number of thioether (sulfide) groups is 1. The van der Waals surface area contributed by atoms with Crippen molar-refractivity contribution in [1.29, 1.82) is 0 Å². The van der Waals surface area contributed by atoms with Crippen LogP contribution in [0.1, 0.15) is 28.4 Å². The van der Waals surface area contributed by atoms with Crippen LogP contribution in [-0.4, -0.2) is 26.7 Å². The minimum absolute atomic E-state index is 0.0874. The summed E-state index contributed by atoms with van der Waals surface area (Å²) in [5.74, 6) is 1.14. The molecule has 0 saturated carbocycles. The summed E-state index contributed by atoms with van der Waals surface area (Å²) in [7, 11) is 0. The number of ketones is 1. The van der Waals surface area contributed by atoms with Gasteiger partial charge in [0.25, 0.3) is 0 Å². The molecule has 0 aliphatic heterocycles. The molecular formula is C19H19N3OS. The van der Waals surface area contributed by atoms with Crippen molar-refractivity contribution in [1.82, 2.24) is 15.2 Å². The van der Waals surface area contributed by atoms with Gasteiger partial charge in [-0.2, -0.15) is 0 Å². The minimum atomic E-state index is 0.0874. The number of Topliss-reactive ketones (excluding diaryl/α,β-unsaturated/α-hetero) is 1. The number of aromatic nitrogens is 3. The second-order valence-electron chi connectivity index (χ2n) is 5.59.